The Hall–Kier alpha value is -2.44. The molecule has 0 spiro atoms. The summed E-state index contributed by atoms with van der Waals surface area (Å²) in [5.74, 6) is -0.631. The number of aryl methyl sites for hydroxylation is 1. The van der Waals surface area contributed by atoms with Crippen LogP contribution >= 0.6 is 0 Å². The summed E-state index contributed by atoms with van der Waals surface area (Å²) in [6, 6.07) is 0. The van der Waals surface area contributed by atoms with Gasteiger partial charge in [-0.05, 0) is 6.92 Å². The van der Waals surface area contributed by atoms with E-state index in [1.165, 1.54) is 6.08 Å². The number of aromatic amines is 1. The van der Waals surface area contributed by atoms with Gasteiger partial charge in [0.25, 0.3) is 5.89 Å². The third-order valence-electron chi connectivity index (χ3n) is 1.87. The maximum absolute atomic E-state index is 10.3. The Bertz CT molecular complexity index is 540. The SMILES string of the molecule is Cc1[nH]ncc1-c1nnc(/C=C/C(=O)O)o1. The fourth-order valence-corrected chi connectivity index (χ4v) is 1.12. The van der Waals surface area contributed by atoms with Crippen LogP contribution in [0, 0.1) is 6.92 Å². The van der Waals surface area contributed by atoms with Crippen LogP contribution in [0.3, 0.4) is 0 Å². The lowest BCUT2D eigenvalue weighted by Gasteiger charge is -1.88. The molecule has 0 aliphatic carbocycles. The maximum Gasteiger partial charge on any atom is 0.328 e. The monoisotopic (exact) mass is 220 g/mol. The van der Waals surface area contributed by atoms with Crippen molar-refractivity contribution in [2.75, 3.05) is 0 Å². The van der Waals surface area contributed by atoms with Gasteiger partial charge in [-0.3, -0.25) is 5.10 Å². The summed E-state index contributed by atoms with van der Waals surface area (Å²) in [6.07, 6.45) is 3.72. The van der Waals surface area contributed by atoms with E-state index in [-0.39, 0.29) is 5.89 Å². The van der Waals surface area contributed by atoms with E-state index in [1.807, 2.05) is 6.92 Å². The first-order valence-corrected chi connectivity index (χ1v) is 4.41. The summed E-state index contributed by atoms with van der Waals surface area (Å²) in [6.45, 7) is 1.82. The molecule has 2 aromatic rings. The van der Waals surface area contributed by atoms with Crippen molar-refractivity contribution in [2.45, 2.75) is 6.92 Å². The molecule has 0 amide bonds. The first kappa shape index (κ1) is 10.1. The molecule has 0 fully saturated rings. The standard InChI is InChI=1S/C9H8N4O3/c1-5-6(4-10-11-5)9-13-12-7(16-9)2-3-8(14)15/h2-4H,1H3,(H,10,11)(H,14,15)/b3-2+. The number of nitrogens with one attached hydrogen (secondary N) is 1. The van der Waals surface area contributed by atoms with Crippen molar-refractivity contribution in [3.05, 3.63) is 23.9 Å². The lowest BCUT2D eigenvalue weighted by Crippen LogP contribution is -1.85. The summed E-state index contributed by atoms with van der Waals surface area (Å²) < 4.78 is 5.23. The Labute approximate surface area is 89.8 Å². The molecule has 2 heterocycles. The van der Waals surface area contributed by atoms with Crippen LogP contribution < -0.4 is 0 Å². The predicted octanol–water partition coefficient (Wildman–Crippen LogP) is 0.866. The van der Waals surface area contributed by atoms with Crippen LogP contribution in [0.4, 0.5) is 0 Å². The van der Waals surface area contributed by atoms with E-state index in [2.05, 4.69) is 20.4 Å². The van der Waals surface area contributed by atoms with Crippen LogP contribution in [0.2, 0.25) is 0 Å². The zero-order valence-corrected chi connectivity index (χ0v) is 8.34. The molecule has 0 aliphatic rings. The molecule has 2 N–H and O–H groups in total. The lowest BCUT2D eigenvalue weighted by molar-refractivity contribution is -0.131. The van der Waals surface area contributed by atoms with Gasteiger partial charge in [0, 0.05) is 17.8 Å². The van der Waals surface area contributed by atoms with E-state index in [1.54, 1.807) is 6.20 Å². The fourth-order valence-electron chi connectivity index (χ4n) is 1.12. The molecule has 0 bridgehead atoms. The van der Waals surface area contributed by atoms with Crippen molar-refractivity contribution < 1.29 is 14.3 Å². The Balaban J connectivity index is 2.27. The number of hydrogen-bond donors (Lipinski definition) is 2. The molecular weight excluding hydrogens is 212 g/mol. The molecule has 0 unspecified atom stereocenters. The molecule has 2 rings (SSSR count). The van der Waals surface area contributed by atoms with Crippen molar-refractivity contribution in [3.63, 3.8) is 0 Å². The number of aliphatic carboxylic acids is 1. The molecule has 2 aromatic heterocycles. The molecule has 0 saturated carbocycles. The first-order valence-electron chi connectivity index (χ1n) is 4.41. The number of nitrogens with zero attached hydrogens (tertiary/aromatic N) is 3. The molecule has 0 aromatic carbocycles. The minimum absolute atomic E-state index is 0.137. The Kier molecular flexibility index (Phi) is 2.50. The van der Waals surface area contributed by atoms with Gasteiger partial charge in [0.1, 0.15) is 0 Å². The van der Waals surface area contributed by atoms with Gasteiger partial charge < -0.3 is 9.52 Å². The zero-order valence-electron chi connectivity index (χ0n) is 8.34. The zero-order chi connectivity index (χ0) is 11.5. The summed E-state index contributed by atoms with van der Waals surface area (Å²) in [7, 11) is 0. The van der Waals surface area contributed by atoms with E-state index >= 15 is 0 Å². The molecule has 0 atom stereocenters. The van der Waals surface area contributed by atoms with Crippen molar-refractivity contribution in [3.8, 4) is 11.5 Å². The maximum atomic E-state index is 10.3. The molecule has 7 heteroatoms. The van der Waals surface area contributed by atoms with Crippen LogP contribution in [-0.2, 0) is 4.79 Å². The van der Waals surface area contributed by atoms with Gasteiger partial charge in [-0.15, -0.1) is 10.2 Å². The number of aromatic nitrogens is 4. The molecule has 7 nitrogen and oxygen atoms in total. The topological polar surface area (TPSA) is 105 Å². The van der Waals surface area contributed by atoms with Gasteiger partial charge in [0.05, 0.1) is 11.8 Å². The summed E-state index contributed by atoms with van der Waals surface area (Å²) >= 11 is 0. The summed E-state index contributed by atoms with van der Waals surface area (Å²) in [5.41, 5.74) is 1.50. The van der Waals surface area contributed by atoms with Gasteiger partial charge in [0.2, 0.25) is 5.89 Å². The van der Waals surface area contributed by atoms with Gasteiger partial charge in [-0.2, -0.15) is 5.10 Å². The number of carbonyl (C=O) groups is 1. The number of carboxylic acid groups (broad SMARTS) is 1. The van der Waals surface area contributed by atoms with Crippen LogP contribution in [0.5, 0.6) is 0 Å². The molecule has 0 radical (unpaired) electrons. The van der Waals surface area contributed by atoms with Crippen LogP contribution in [0.15, 0.2) is 16.7 Å². The molecule has 0 saturated heterocycles. The molecule has 0 aliphatic heterocycles. The van der Waals surface area contributed by atoms with E-state index < -0.39 is 5.97 Å². The largest absolute Gasteiger partial charge is 0.478 e. The van der Waals surface area contributed by atoms with Crippen LogP contribution in [0.1, 0.15) is 11.6 Å². The highest BCUT2D eigenvalue weighted by Gasteiger charge is 2.10. The molecular formula is C9H8N4O3. The summed E-state index contributed by atoms with van der Waals surface area (Å²) in [5, 5.41) is 22.4. The number of rotatable bonds is 3. The van der Waals surface area contributed by atoms with Crippen molar-refractivity contribution >= 4 is 12.0 Å². The van der Waals surface area contributed by atoms with Crippen LogP contribution in [-0.4, -0.2) is 31.5 Å². The fraction of sp³-hybridized carbons (Fsp3) is 0.111. The first-order chi connectivity index (χ1) is 7.66. The second-order valence-corrected chi connectivity index (χ2v) is 3.03. The van der Waals surface area contributed by atoms with Gasteiger partial charge in [-0.1, -0.05) is 0 Å². The van der Waals surface area contributed by atoms with E-state index in [0.717, 1.165) is 11.8 Å². The predicted molar refractivity (Wildman–Crippen MR) is 53.3 cm³/mol. The highest BCUT2D eigenvalue weighted by Crippen LogP contribution is 2.19. The normalized spacial score (nSPS) is 11.1. The highest BCUT2D eigenvalue weighted by molar-refractivity contribution is 5.84. The second-order valence-electron chi connectivity index (χ2n) is 3.03. The Morgan fingerprint density at radius 1 is 1.56 bits per heavy atom. The minimum atomic E-state index is -1.07. The van der Waals surface area contributed by atoms with Gasteiger partial charge in [0.15, 0.2) is 0 Å². The van der Waals surface area contributed by atoms with Crippen LogP contribution in [0.25, 0.3) is 17.5 Å². The lowest BCUT2D eigenvalue weighted by atomic mass is 10.3. The van der Waals surface area contributed by atoms with Crippen molar-refractivity contribution in [1.29, 1.82) is 0 Å². The Morgan fingerprint density at radius 2 is 2.38 bits per heavy atom. The number of carboxylic acids is 1. The number of hydrogen-bond acceptors (Lipinski definition) is 5. The molecule has 82 valence electrons. The smallest absolute Gasteiger partial charge is 0.328 e. The highest BCUT2D eigenvalue weighted by atomic mass is 16.4. The van der Waals surface area contributed by atoms with Crippen molar-refractivity contribution in [2.24, 2.45) is 0 Å². The average molecular weight is 220 g/mol. The van der Waals surface area contributed by atoms with Crippen molar-refractivity contribution in [1.82, 2.24) is 20.4 Å². The van der Waals surface area contributed by atoms with E-state index in [9.17, 15) is 4.79 Å². The minimum Gasteiger partial charge on any atom is -0.478 e. The quantitative estimate of drug-likeness (QED) is 0.743. The Morgan fingerprint density at radius 3 is 3.00 bits per heavy atom. The molecule has 16 heavy (non-hydrogen) atoms. The van der Waals surface area contributed by atoms with Gasteiger partial charge >= 0.3 is 5.97 Å². The van der Waals surface area contributed by atoms with E-state index in [4.69, 9.17) is 9.52 Å². The third-order valence-corrected chi connectivity index (χ3v) is 1.87. The van der Waals surface area contributed by atoms with Gasteiger partial charge in [-0.25, -0.2) is 4.79 Å². The second kappa shape index (κ2) is 3.97. The third kappa shape index (κ3) is 1.97. The average Bonchev–Trinajstić information content (AvgIpc) is 2.83. The summed E-state index contributed by atoms with van der Waals surface area (Å²) in [4.78, 5) is 10.3. The van der Waals surface area contributed by atoms with E-state index in [0.29, 0.717) is 11.5 Å². The number of H-pyrrole nitrogens is 1.